The van der Waals surface area contributed by atoms with Gasteiger partial charge in [0.25, 0.3) is 5.91 Å². The lowest BCUT2D eigenvalue weighted by Crippen LogP contribution is -2.54. The Morgan fingerprint density at radius 3 is 2.25 bits per heavy atom. The molecule has 0 heterocycles. The van der Waals surface area contributed by atoms with Gasteiger partial charge in [0.15, 0.2) is 6.61 Å². The molecule has 0 bridgehead atoms. The number of rotatable bonds is 8. The highest BCUT2D eigenvalue weighted by Gasteiger charge is 2.28. The quantitative estimate of drug-likeness (QED) is 0.661. The predicted molar refractivity (Wildman–Crippen MR) is 76.7 cm³/mol. The number of carbonyl (C=O) groups is 1. The predicted octanol–water partition coefficient (Wildman–Crippen LogP) is 0.877. The Balaban J connectivity index is 2.50. The van der Waals surface area contributed by atoms with Crippen LogP contribution in [0.3, 0.4) is 0 Å². The lowest BCUT2D eigenvalue weighted by molar-refractivity contribution is -0.126. The second-order valence-electron chi connectivity index (χ2n) is 4.78. The monoisotopic (exact) mass is 281 g/mol. The Labute approximate surface area is 119 Å². The number of ether oxygens (including phenoxy) is 1. The van der Waals surface area contributed by atoms with Gasteiger partial charge in [-0.15, -0.1) is 0 Å². The first kappa shape index (κ1) is 16.5. The molecule has 1 rings (SSSR count). The largest absolute Gasteiger partial charge is 0.484 e. The number of amides is 1. The summed E-state index contributed by atoms with van der Waals surface area (Å²) in [7, 11) is 0. The molecule has 0 unspecified atom stereocenters. The Hall–Kier alpha value is -1.59. The van der Waals surface area contributed by atoms with E-state index in [4.69, 9.17) is 4.74 Å². The van der Waals surface area contributed by atoms with Gasteiger partial charge in [0.2, 0.25) is 0 Å². The number of aryl methyl sites for hydroxylation is 1. The molecule has 0 aliphatic heterocycles. The molecule has 3 N–H and O–H groups in total. The SMILES string of the molecule is CCc1ccc(OCC(=O)NC(CC)(CO)CO)cc1. The molecule has 0 atom stereocenters. The van der Waals surface area contributed by atoms with E-state index in [0.717, 1.165) is 6.42 Å². The van der Waals surface area contributed by atoms with Gasteiger partial charge in [0.05, 0.1) is 18.8 Å². The van der Waals surface area contributed by atoms with Gasteiger partial charge in [-0.3, -0.25) is 4.79 Å². The zero-order chi connectivity index (χ0) is 15.0. The van der Waals surface area contributed by atoms with Crippen molar-refractivity contribution in [2.45, 2.75) is 32.2 Å². The topological polar surface area (TPSA) is 78.8 Å². The van der Waals surface area contributed by atoms with Crippen molar-refractivity contribution in [2.24, 2.45) is 0 Å². The summed E-state index contributed by atoms with van der Waals surface area (Å²) in [5.41, 5.74) is 0.222. The van der Waals surface area contributed by atoms with E-state index >= 15 is 0 Å². The second-order valence-corrected chi connectivity index (χ2v) is 4.78. The zero-order valence-electron chi connectivity index (χ0n) is 12.1. The first-order chi connectivity index (χ1) is 9.59. The molecule has 0 fully saturated rings. The van der Waals surface area contributed by atoms with Gasteiger partial charge in [-0.05, 0) is 30.5 Å². The summed E-state index contributed by atoms with van der Waals surface area (Å²) in [5.74, 6) is 0.252. The summed E-state index contributed by atoms with van der Waals surface area (Å²) >= 11 is 0. The van der Waals surface area contributed by atoms with Crippen LogP contribution in [0.5, 0.6) is 5.75 Å². The molecular weight excluding hydrogens is 258 g/mol. The van der Waals surface area contributed by atoms with Gasteiger partial charge in [-0.25, -0.2) is 0 Å². The van der Waals surface area contributed by atoms with Gasteiger partial charge in [-0.1, -0.05) is 26.0 Å². The summed E-state index contributed by atoms with van der Waals surface area (Å²) in [4.78, 5) is 11.8. The van der Waals surface area contributed by atoms with Crippen LogP contribution in [0.25, 0.3) is 0 Å². The van der Waals surface area contributed by atoms with Crippen molar-refractivity contribution in [3.8, 4) is 5.75 Å². The molecule has 0 saturated heterocycles. The van der Waals surface area contributed by atoms with E-state index < -0.39 is 5.54 Å². The fourth-order valence-electron chi connectivity index (χ4n) is 1.74. The molecular formula is C15H23NO4. The Morgan fingerprint density at radius 1 is 1.20 bits per heavy atom. The smallest absolute Gasteiger partial charge is 0.258 e. The number of aliphatic hydroxyl groups is 2. The molecule has 5 heteroatoms. The molecule has 5 nitrogen and oxygen atoms in total. The van der Waals surface area contributed by atoms with Crippen LogP contribution >= 0.6 is 0 Å². The summed E-state index contributed by atoms with van der Waals surface area (Å²) in [6.07, 6.45) is 1.39. The van der Waals surface area contributed by atoms with Crippen molar-refractivity contribution in [1.82, 2.24) is 5.32 Å². The highest BCUT2D eigenvalue weighted by Crippen LogP contribution is 2.13. The normalized spacial score (nSPS) is 11.2. The molecule has 0 aromatic heterocycles. The minimum atomic E-state index is -0.980. The molecule has 1 aromatic rings. The maximum absolute atomic E-state index is 11.8. The van der Waals surface area contributed by atoms with Crippen molar-refractivity contribution in [2.75, 3.05) is 19.8 Å². The molecule has 0 spiro atoms. The first-order valence-corrected chi connectivity index (χ1v) is 6.83. The van der Waals surface area contributed by atoms with E-state index in [0.29, 0.717) is 12.2 Å². The lowest BCUT2D eigenvalue weighted by atomic mass is 9.98. The third-order valence-electron chi connectivity index (χ3n) is 3.39. The fourth-order valence-corrected chi connectivity index (χ4v) is 1.74. The minimum absolute atomic E-state index is 0.146. The second kappa shape index (κ2) is 7.87. The van der Waals surface area contributed by atoms with E-state index in [1.165, 1.54) is 5.56 Å². The molecule has 0 radical (unpaired) electrons. The van der Waals surface area contributed by atoms with Crippen LogP contribution in [0.15, 0.2) is 24.3 Å². The van der Waals surface area contributed by atoms with Crippen molar-refractivity contribution in [3.05, 3.63) is 29.8 Å². The summed E-state index contributed by atoms with van der Waals surface area (Å²) in [5, 5.41) is 21.1. The van der Waals surface area contributed by atoms with Gasteiger partial charge >= 0.3 is 0 Å². The lowest BCUT2D eigenvalue weighted by Gasteiger charge is -2.29. The number of aliphatic hydroxyl groups excluding tert-OH is 2. The number of hydrogen-bond donors (Lipinski definition) is 3. The molecule has 112 valence electrons. The first-order valence-electron chi connectivity index (χ1n) is 6.83. The Bertz CT molecular complexity index is 404. The average Bonchev–Trinajstić information content (AvgIpc) is 2.51. The minimum Gasteiger partial charge on any atom is -0.484 e. The van der Waals surface area contributed by atoms with Crippen molar-refractivity contribution in [3.63, 3.8) is 0 Å². The summed E-state index contributed by atoms with van der Waals surface area (Å²) < 4.78 is 5.37. The Morgan fingerprint density at radius 2 is 1.80 bits per heavy atom. The van der Waals surface area contributed by atoms with E-state index in [-0.39, 0.29) is 25.7 Å². The third kappa shape index (κ3) is 4.51. The van der Waals surface area contributed by atoms with Crippen LogP contribution in [0.1, 0.15) is 25.8 Å². The maximum atomic E-state index is 11.8. The summed E-state index contributed by atoms with van der Waals surface area (Å²) in [6, 6.07) is 7.53. The van der Waals surface area contributed by atoms with E-state index in [1.807, 2.05) is 24.3 Å². The van der Waals surface area contributed by atoms with E-state index in [1.54, 1.807) is 6.92 Å². The molecule has 0 aliphatic rings. The van der Waals surface area contributed by atoms with Crippen LogP contribution in [0, 0.1) is 0 Å². The third-order valence-corrected chi connectivity index (χ3v) is 3.39. The highest BCUT2D eigenvalue weighted by atomic mass is 16.5. The van der Waals surface area contributed by atoms with Gasteiger partial charge in [-0.2, -0.15) is 0 Å². The fraction of sp³-hybridized carbons (Fsp3) is 0.533. The molecule has 0 aliphatic carbocycles. The summed E-state index contributed by atoms with van der Waals surface area (Å²) in [6.45, 7) is 3.09. The van der Waals surface area contributed by atoms with Crippen LogP contribution < -0.4 is 10.1 Å². The number of hydrogen-bond acceptors (Lipinski definition) is 4. The molecule has 1 aromatic carbocycles. The standard InChI is InChI=1S/C15H23NO4/c1-3-12-5-7-13(8-6-12)20-9-14(19)16-15(4-2,10-17)11-18/h5-8,17-18H,3-4,9-11H2,1-2H3,(H,16,19). The van der Waals surface area contributed by atoms with Gasteiger partial charge < -0.3 is 20.3 Å². The van der Waals surface area contributed by atoms with Crippen LogP contribution in [0.4, 0.5) is 0 Å². The number of nitrogens with one attached hydrogen (secondary N) is 1. The van der Waals surface area contributed by atoms with Crippen molar-refractivity contribution < 1.29 is 19.7 Å². The molecule has 20 heavy (non-hydrogen) atoms. The van der Waals surface area contributed by atoms with Gasteiger partial charge in [0, 0.05) is 0 Å². The molecule has 0 saturated carbocycles. The van der Waals surface area contributed by atoms with Crippen molar-refractivity contribution in [1.29, 1.82) is 0 Å². The van der Waals surface area contributed by atoms with E-state index in [9.17, 15) is 15.0 Å². The van der Waals surface area contributed by atoms with Crippen LogP contribution in [-0.2, 0) is 11.2 Å². The maximum Gasteiger partial charge on any atom is 0.258 e. The number of carbonyl (C=O) groups excluding carboxylic acids is 1. The highest BCUT2D eigenvalue weighted by molar-refractivity contribution is 5.78. The van der Waals surface area contributed by atoms with Gasteiger partial charge in [0.1, 0.15) is 5.75 Å². The number of benzene rings is 1. The Kier molecular flexibility index (Phi) is 6.48. The van der Waals surface area contributed by atoms with Crippen LogP contribution in [-0.4, -0.2) is 41.5 Å². The average molecular weight is 281 g/mol. The van der Waals surface area contributed by atoms with Crippen LogP contribution in [0.2, 0.25) is 0 Å². The van der Waals surface area contributed by atoms with E-state index in [2.05, 4.69) is 12.2 Å². The molecule has 1 amide bonds. The van der Waals surface area contributed by atoms with Crippen molar-refractivity contribution >= 4 is 5.91 Å². The zero-order valence-corrected chi connectivity index (χ0v) is 12.1.